The van der Waals surface area contributed by atoms with E-state index in [2.05, 4.69) is 24.5 Å². The SMILES string of the molecule is CC1(C)CCC(NCCCNC(=O)OC(C)(C)C)CC1. The van der Waals surface area contributed by atoms with Crippen LogP contribution in [0, 0.1) is 5.41 Å². The fraction of sp³-hybridized carbons (Fsp3) is 0.938. The van der Waals surface area contributed by atoms with Gasteiger partial charge in [0.05, 0.1) is 0 Å². The van der Waals surface area contributed by atoms with Crippen LogP contribution in [-0.2, 0) is 4.74 Å². The average molecular weight is 284 g/mol. The number of carbonyl (C=O) groups is 1. The number of amides is 1. The Bertz CT molecular complexity index is 298. The van der Waals surface area contributed by atoms with Crippen molar-refractivity contribution < 1.29 is 9.53 Å². The van der Waals surface area contributed by atoms with Gasteiger partial charge in [-0.3, -0.25) is 0 Å². The van der Waals surface area contributed by atoms with Gasteiger partial charge in [-0.2, -0.15) is 0 Å². The van der Waals surface area contributed by atoms with Crippen LogP contribution in [0.15, 0.2) is 0 Å². The van der Waals surface area contributed by atoms with Crippen molar-refractivity contribution in [1.82, 2.24) is 10.6 Å². The van der Waals surface area contributed by atoms with Crippen molar-refractivity contribution in [2.24, 2.45) is 5.41 Å². The maximum Gasteiger partial charge on any atom is 0.407 e. The summed E-state index contributed by atoms with van der Waals surface area (Å²) in [6.45, 7) is 12.0. The number of hydrogen-bond acceptors (Lipinski definition) is 3. The molecule has 2 N–H and O–H groups in total. The lowest BCUT2D eigenvalue weighted by atomic mass is 9.75. The van der Waals surface area contributed by atoms with Crippen molar-refractivity contribution in [3.05, 3.63) is 0 Å². The number of hydrogen-bond donors (Lipinski definition) is 2. The molecule has 118 valence electrons. The molecule has 4 nitrogen and oxygen atoms in total. The Hall–Kier alpha value is -0.770. The highest BCUT2D eigenvalue weighted by Gasteiger charge is 2.26. The first-order valence-corrected chi connectivity index (χ1v) is 7.88. The summed E-state index contributed by atoms with van der Waals surface area (Å²) in [5.74, 6) is 0. The Morgan fingerprint density at radius 3 is 2.35 bits per heavy atom. The van der Waals surface area contributed by atoms with Crippen LogP contribution in [-0.4, -0.2) is 30.8 Å². The van der Waals surface area contributed by atoms with Gasteiger partial charge in [0.15, 0.2) is 0 Å². The molecule has 1 amide bonds. The smallest absolute Gasteiger partial charge is 0.407 e. The predicted octanol–water partition coefficient (Wildman–Crippen LogP) is 3.46. The highest BCUT2D eigenvalue weighted by atomic mass is 16.6. The fourth-order valence-corrected chi connectivity index (χ4v) is 2.50. The van der Waals surface area contributed by atoms with E-state index in [-0.39, 0.29) is 6.09 Å². The van der Waals surface area contributed by atoms with Crippen LogP contribution in [0.5, 0.6) is 0 Å². The number of alkyl carbamates (subject to hydrolysis) is 1. The molecule has 0 saturated heterocycles. The highest BCUT2D eigenvalue weighted by molar-refractivity contribution is 5.67. The molecule has 0 unspecified atom stereocenters. The summed E-state index contributed by atoms with van der Waals surface area (Å²) in [5.41, 5.74) is 0.105. The zero-order valence-electron chi connectivity index (χ0n) is 13.8. The Morgan fingerprint density at radius 2 is 1.80 bits per heavy atom. The summed E-state index contributed by atoms with van der Waals surface area (Å²) in [5, 5.41) is 6.38. The van der Waals surface area contributed by atoms with E-state index in [0.717, 1.165) is 13.0 Å². The lowest BCUT2D eigenvalue weighted by molar-refractivity contribution is 0.0527. The number of carbonyl (C=O) groups excluding carboxylic acids is 1. The molecule has 0 aliphatic heterocycles. The second-order valence-electron chi connectivity index (χ2n) is 7.67. The van der Waals surface area contributed by atoms with Gasteiger partial charge in [-0.05, 0) is 64.8 Å². The van der Waals surface area contributed by atoms with Crippen molar-refractivity contribution in [3.8, 4) is 0 Å². The van der Waals surface area contributed by atoms with E-state index < -0.39 is 5.60 Å². The van der Waals surface area contributed by atoms with Crippen LogP contribution >= 0.6 is 0 Å². The minimum Gasteiger partial charge on any atom is -0.444 e. The van der Waals surface area contributed by atoms with Gasteiger partial charge in [0, 0.05) is 12.6 Å². The first kappa shape index (κ1) is 17.3. The molecule has 20 heavy (non-hydrogen) atoms. The molecule has 0 spiro atoms. The van der Waals surface area contributed by atoms with E-state index in [1.165, 1.54) is 25.7 Å². The van der Waals surface area contributed by atoms with E-state index in [0.29, 0.717) is 18.0 Å². The number of ether oxygens (including phenoxy) is 1. The Labute approximate surface area is 124 Å². The van der Waals surface area contributed by atoms with Gasteiger partial charge in [0.25, 0.3) is 0 Å². The van der Waals surface area contributed by atoms with E-state index in [1.807, 2.05) is 20.8 Å². The fourth-order valence-electron chi connectivity index (χ4n) is 2.50. The average Bonchev–Trinajstić information content (AvgIpc) is 2.28. The zero-order chi connectivity index (χ0) is 15.2. The first-order valence-electron chi connectivity index (χ1n) is 7.88. The molecule has 1 saturated carbocycles. The topological polar surface area (TPSA) is 50.4 Å². The van der Waals surface area contributed by atoms with E-state index in [4.69, 9.17) is 4.74 Å². The summed E-state index contributed by atoms with van der Waals surface area (Å²) < 4.78 is 5.19. The standard InChI is InChI=1S/C16H32N2O2/c1-15(2,3)20-14(19)18-12-6-11-17-13-7-9-16(4,5)10-8-13/h13,17H,6-12H2,1-5H3,(H,18,19). The second kappa shape index (κ2) is 7.30. The lowest BCUT2D eigenvalue weighted by Gasteiger charge is -2.34. The van der Waals surface area contributed by atoms with Crippen LogP contribution in [0.3, 0.4) is 0 Å². The van der Waals surface area contributed by atoms with Gasteiger partial charge in [-0.15, -0.1) is 0 Å². The minimum absolute atomic E-state index is 0.322. The zero-order valence-corrected chi connectivity index (χ0v) is 13.8. The van der Waals surface area contributed by atoms with E-state index in [1.54, 1.807) is 0 Å². The molecule has 0 aromatic heterocycles. The molecular weight excluding hydrogens is 252 g/mol. The molecule has 0 aromatic carbocycles. The maximum absolute atomic E-state index is 11.4. The van der Waals surface area contributed by atoms with Crippen molar-refractivity contribution in [1.29, 1.82) is 0 Å². The molecule has 0 aromatic rings. The van der Waals surface area contributed by atoms with Crippen molar-refractivity contribution in [3.63, 3.8) is 0 Å². The van der Waals surface area contributed by atoms with Gasteiger partial charge >= 0.3 is 6.09 Å². The highest BCUT2D eigenvalue weighted by Crippen LogP contribution is 2.34. The summed E-state index contributed by atoms with van der Waals surface area (Å²) >= 11 is 0. The number of nitrogens with one attached hydrogen (secondary N) is 2. The summed E-state index contributed by atoms with van der Waals surface area (Å²) in [6.07, 6.45) is 5.77. The molecule has 1 aliphatic rings. The normalized spacial score (nSPS) is 19.6. The van der Waals surface area contributed by atoms with Gasteiger partial charge in [0.1, 0.15) is 5.60 Å². The summed E-state index contributed by atoms with van der Waals surface area (Å²) in [7, 11) is 0. The molecule has 4 heteroatoms. The van der Waals surface area contributed by atoms with Gasteiger partial charge < -0.3 is 15.4 Å². The third-order valence-corrected chi connectivity index (χ3v) is 3.79. The van der Waals surface area contributed by atoms with Crippen LogP contribution in [0.25, 0.3) is 0 Å². The van der Waals surface area contributed by atoms with Crippen molar-refractivity contribution in [2.45, 2.75) is 78.4 Å². The molecule has 0 radical (unpaired) electrons. The minimum atomic E-state index is -0.419. The van der Waals surface area contributed by atoms with Crippen LogP contribution < -0.4 is 10.6 Å². The lowest BCUT2D eigenvalue weighted by Crippen LogP contribution is -2.38. The van der Waals surface area contributed by atoms with Crippen LogP contribution in [0.2, 0.25) is 0 Å². The Kier molecular flexibility index (Phi) is 6.31. The molecule has 1 aliphatic carbocycles. The van der Waals surface area contributed by atoms with Crippen LogP contribution in [0.4, 0.5) is 4.79 Å². The summed E-state index contributed by atoms with van der Waals surface area (Å²) in [6, 6.07) is 0.657. The predicted molar refractivity (Wildman–Crippen MR) is 82.9 cm³/mol. The monoisotopic (exact) mass is 284 g/mol. The molecule has 1 fully saturated rings. The quantitative estimate of drug-likeness (QED) is 0.760. The van der Waals surface area contributed by atoms with E-state index >= 15 is 0 Å². The summed E-state index contributed by atoms with van der Waals surface area (Å²) in [4.78, 5) is 11.4. The van der Waals surface area contributed by atoms with Gasteiger partial charge in [-0.1, -0.05) is 13.8 Å². The third kappa shape index (κ3) is 7.73. The third-order valence-electron chi connectivity index (χ3n) is 3.79. The van der Waals surface area contributed by atoms with Gasteiger partial charge in [0.2, 0.25) is 0 Å². The Balaban J connectivity index is 2.02. The van der Waals surface area contributed by atoms with Crippen molar-refractivity contribution in [2.75, 3.05) is 13.1 Å². The molecule has 0 atom stereocenters. The number of rotatable bonds is 5. The molecule has 1 rings (SSSR count). The second-order valence-corrected chi connectivity index (χ2v) is 7.67. The van der Waals surface area contributed by atoms with E-state index in [9.17, 15) is 4.79 Å². The van der Waals surface area contributed by atoms with Crippen LogP contribution in [0.1, 0.15) is 66.7 Å². The molecule has 0 heterocycles. The maximum atomic E-state index is 11.4. The van der Waals surface area contributed by atoms with Crippen molar-refractivity contribution >= 4 is 6.09 Å². The Morgan fingerprint density at radius 1 is 1.20 bits per heavy atom. The largest absolute Gasteiger partial charge is 0.444 e. The van der Waals surface area contributed by atoms with Gasteiger partial charge in [-0.25, -0.2) is 4.79 Å². The first-order chi connectivity index (χ1) is 9.18. The molecular formula is C16H32N2O2. The molecule has 0 bridgehead atoms.